The Balaban J connectivity index is 1.81. The molecule has 0 saturated heterocycles. The highest BCUT2D eigenvalue weighted by molar-refractivity contribution is 7.93. The predicted octanol–water partition coefficient (Wildman–Crippen LogP) is 6.75. The lowest BCUT2D eigenvalue weighted by Gasteiger charge is -2.19. The molecule has 3 nitrogen and oxygen atoms in total. The summed E-state index contributed by atoms with van der Waals surface area (Å²) in [4.78, 5) is 14.3. The third-order valence-electron chi connectivity index (χ3n) is 6.28. The van der Waals surface area contributed by atoms with Gasteiger partial charge < -0.3 is 9.13 Å². The van der Waals surface area contributed by atoms with Crippen LogP contribution in [0.2, 0.25) is 0 Å². The standard InChI is InChI=1S/C29H26NO2P/c1-2-3-21-30-27-20-11-10-17-24(27)25-18-12-19-26(28(25)30)29(31)33(32,22-13-6-4-7-14-22)23-15-8-5-9-16-23/h4-20H,2-3,21H2,1H3. The van der Waals surface area contributed by atoms with E-state index < -0.39 is 7.14 Å². The van der Waals surface area contributed by atoms with Crippen LogP contribution in [0.4, 0.5) is 0 Å². The predicted molar refractivity (Wildman–Crippen MR) is 138 cm³/mol. The van der Waals surface area contributed by atoms with E-state index in [4.69, 9.17) is 0 Å². The lowest BCUT2D eigenvalue weighted by Crippen LogP contribution is -2.23. The number of fused-ring (bicyclic) bond motifs is 3. The number of unbranched alkanes of at least 4 members (excludes halogenated alkanes) is 1. The van der Waals surface area contributed by atoms with Crippen molar-refractivity contribution >= 4 is 45.1 Å². The highest BCUT2D eigenvalue weighted by Gasteiger charge is 2.38. The first-order valence-electron chi connectivity index (χ1n) is 11.4. The molecule has 0 radical (unpaired) electrons. The molecule has 0 saturated carbocycles. The van der Waals surface area contributed by atoms with E-state index in [1.807, 2.05) is 60.7 Å². The van der Waals surface area contributed by atoms with E-state index in [0.717, 1.165) is 41.2 Å². The molecule has 0 atom stereocenters. The Morgan fingerprint density at radius 2 is 1.30 bits per heavy atom. The van der Waals surface area contributed by atoms with E-state index in [1.54, 1.807) is 24.3 Å². The molecule has 0 fully saturated rings. The van der Waals surface area contributed by atoms with Gasteiger partial charge in [0.05, 0.1) is 11.1 Å². The number of hydrogen-bond donors (Lipinski definition) is 0. The Morgan fingerprint density at radius 1 is 0.727 bits per heavy atom. The van der Waals surface area contributed by atoms with Gasteiger partial charge in [-0.15, -0.1) is 0 Å². The van der Waals surface area contributed by atoms with E-state index in [-0.39, 0.29) is 5.52 Å². The molecular formula is C29H26NO2P. The van der Waals surface area contributed by atoms with Gasteiger partial charge in [-0.2, -0.15) is 0 Å². The second-order valence-corrected chi connectivity index (χ2v) is 11.0. The first kappa shape index (κ1) is 21.4. The van der Waals surface area contributed by atoms with Crippen LogP contribution in [-0.4, -0.2) is 10.1 Å². The number of nitrogens with zero attached hydrogens (tertiary/aromatic N) is 1. The lowest BCUT2D eigenvalue weighted by molar-refractivity contribution is 0.107. The quantitative estimate of drug-likeness (QED) is 0.257. The molecule has 0 spiro atoms. The summed E-state index contributed by atoms with van der Waals surface area (Å²) in [6.07, 6.45) is 2.06. The minimum Gasteiger partial charge on any atom is -0.340 e. The summed E-state index contributed by atoms with van der Waals surface area (Å²) in [7, 11) is -3.58. The SMILES string of the molecule is CCCCn1c2ccccc2c2cccc(C(=O)P(=O)(c3ccccc3)c3ccccc3)c21. The maximum absolute atomic E-state index is 14.7. The number of carbonyl (C=O) groups excluding carboxylic acids is 1. The highest BCUT2D eigenvalue weighted by Crippen LogP contribution is 2.48. The summed E-state index contributed by atoms with van der Waals surface area (Å²) >= 11 is 0. The van der Waals surface area contributed by atoms with Crippen molar-refractivity contribution in [3.63, 3.8) is 0 Å². The molecule has 1 heterocycles. The molecule has 0 amide bonds. The van der Waals surface area contributed by atoms with E-state index in [9.17, 15) is 9.36 Å². The van der Waals surface area contributed by atoms with E-state index in [0.29, 0.717) is 16.2 Å². The fourth-order valence-corrected chi connectivity index (χ4v) is 7.13. The largest absolute Gasteiger partial charge is 0.340 e. The van der Waals surface area contributed by atoms with Crippen LogP contribution in [0, 0.1) is 0 Å². The van der Waals surface area contributed by atoms with Crippen molar-refractivity contribution < 1.29 is 9.36 Å². The zero-order chi connectivity index (χ0) is 22.8. The Morgan fingerprint density at radius 3 is 1.94 bits per heavy atom. The fraction of sp³-hybridized carbons (Fsp3) is 0.138. The maximum Gasteiger partial charge on any atom is 0.232 e. The molecule has 4 aromatic carbocycles. The monoisotopic (exact) mass is 451 g/mol. The van der Waals surface area contributed by atoms with Crippen LogP contribution in [-0.2, 0) is 11.1 Å². The van der Waals surface area contributed by atoms with Crippen LogP contribution in [0.15, 0.2) is 103 Å². The molecule has 0 unspecified atom stereocenters. The molecule has 0 bridgehead atoms. The summed E-state index contributed by atoms with van der Waals surface area (Å²) in [6.45, 7) is 2.98. The van der Waals surface area contributed by atoms with Crippen molar-refractivity contribution in [2.75, 3.05) is 0 Å². The first-order chi connectivity index (χ1) is 16.2. The minimum atomic E-state index is -3.58. The number of hydrogen-bond acceptors (Lipinski definition) is 2. The molecular weight excluding hydrogens is 425 g/mol. The Bertz CT molecular complexity index is 1440. The number of rotatable bonds is 7. The summed E-state index contributed by atoms with van der Waals surface area (Å²) in [5.74, 6) is 0. The van der Waals surface area contributed by atoms with Gasteiger partial charge in [-0.3, -0.25) is 4.79 Å². The number of para-hydroxylation sites is 2. The molecule has 0 aliphatic carbocycles. The minimum absolute atomic E-state index is 0.314. The molecule has 0 N–H and O–H groups in total. The molecule has 1 aromatic heterocycles. The molecule has 0 aliphatic heterocycles. The molecule has 0 aliphatic rings. The maximum atomic E-state index is 14.7. The van der Waals surface area contributed by atoms with Crippen LogP contribution in [0.1, 0.15) is 30.1 Å². The smallest absolute Gasteiger partial charge is 0.232 e. The first-order valence-corrected chi connectivity index (χ1v) is 13.1. The Kier molecular flexibility index (Phi) is 5.74. The van der Waals surface area contributed by atoms with E-state index in [1.165, 1.54) is 0 Å². The normalized spacial score (nSPS) is 11.8. The van der Waals surface area contributed by atoms with Gasteiger partial charge in [0.1, 0.15) is 0 Å². The van der Waals surface area contributed by atoms with Gasteiger partial charge in [0.15, 0.2) is 0 Å². The molecule has 33 heavy (non-hydrogen) atoms. The molecule has 5 aromatic rings. The van der Waals surface area contributed by atoms with Crippen LogP contribution in [0.3, 0.4) is 0 Å². The number of aryl methyl sites for hydroxylation is 1. The molecule has 5 rings (SSSR count). The zero-order valence-electron chi connectivity index (χ0n) is 18.6. The van der Waals surface area contributed by atoms with Crippen molar-refractivity contribution in [2.24, 2.45) is 0 Å². The Labute approximate surface area is 194 Å². The lowest BCUT2D eigenvalue weighted by atomic mass is 10.1. The number of aromatic nitrogens is 1. The number of benzene rings is 4. The summed E-state index contributed by atoms with van der Waals surface area (Å²) < 4.78 is 17.0. The summed E-state index contributed by atoms with van der Waals surface area (Å²) in [5.41, 5.74) is 2.20. The number of carbonyl (C=O) groups is 1. The molecule has 164 valence electrons. The third-order valence-corrected chi connectivity index (χ3v) is 9.15. The van der Waals surface area contributed by atoms with Crippen LogP contribution < -0.4 is 10.6 Å². The third kappa shape index (κ3) is 3.53. The van der Waals surface area contributed by atoms with Crippen molar-refractivity contribution in [3.8, 4) is 0 Å². The van der Waals surface area contributed by atoms with Crippen molar-refractivity contribution in [3.05, 3.63) is 109 Å². The van der Waals surface area contributed by atoms with Gasteiger partial charge in [-0.05, 0) is 18.6 Å². The van der Waals surface area contributed by atoms with Gasteiger partial charge in [0.2, 0.25) is 12.7 Å². The van der Waals surface area contributed by atoms with Crippen molar-refractivity contribution in [1.82, 2.24) is 4.57 Å². The second kappa shape index (κ2) is 8.84. The topological polar surface area (TPSA) is 39.1 Å². The van der Waals surface area contributed by atoms with Crippen LogP contribution >= 0.6 is 7.14 Å². The van der Waals surface area contributed by atoms with Crippen LogP contribution in [0.5, 0.6) is 0 Å². The fourth-order valence-electron chi connectivity index (χ4n) is 4.66. The van der Waals surface area contributed by atoms with Gasteiger partial charge in [-0.1, -0.05) is 104 Å². The average molecular weight is 452 g/mol. The van der Waals surface area contributed by atoms with Gasteiger partial charge >= 0.3 is 0 Å². The van der Waals surface area contributed by atoms with Crippen molar-refractivity contribution in [1.29, 1.82) is 0 Å². The van der Waals surface area contributed by atoms with Crippen molar-refractivity contribution in [2.45, 2.75) is 26.3 Å². The van der Waals surface area contributed by atoms with Crippen LogP contribution in [0.25, 0.3) is 21.8 Å². The van der Waals surface area contributed by atoms with Gasteiger partial charge in [-0.25, -0.2) is 0 Å². The van der Waals surface area contributed by atoms with E-state index >= 15 is 0 Å². The Hall–Kier alpha value is -3.42. The molecule has 4 heteroatoms. The van der Waals surface area contributed by atoms with Gasteiger partial charge in [0, 0.05) is 33.4 Å². The average Bonchev–Trinajstić information content (AvgIpc) is 3.21. The second-order valence-electron chi connectivity index (χ2n) is 8.31. The highest BCUT2D eigenvalue weighted by atomic mass is 31.2. The summed E-state index contributed by atoms with van der Waals surface area (Å²) in [6, 6.07) is 32.4. The van der Waals surface area contributed by atoms with E-state index in [2.05, 4.69) is 29.7 Å². The van der Waals surface area contributed by atoms with Gasteiger partial charge in [0.25, 0.3) is 0 Å². The summed E-state index contributed by atoms with van der Waals surface area (Å²) in [5, 5.41) is 3.27. The zero-order valence-corrected chi connectivity index (χ0v) is 19.5.